The molecule has 1 N–H and O–H groups in total. The first-order valence-corrected chi connectivity index (χ1v) is 9.67. The third-order valence-electron chi connectivity index (χ3n) is 4.86. The molecule has 0 bridgehead atoms. The van der Waals surface area contributed by atoms with Gasteiger partial charge < -0.3 is 15.0 Å². The van der Waals surface area contributed by atoms with Gasteiger partial charge in [0.15, 0.2) is 0 Å². The van der Waals surface area contributed by atoms with Crippen molar-refractivity contribution >= 4 is 17.5 Å². The molecule has 1 saturated heterocycles. The number of carbonyl (C=O) groups excluding carboxylic acids is 2. The van der Waals surface area contributed by atoms with Gasteiger partial charge in [-0.25, -0.2) is 0 Å². The van der Waals surface area contributed by atoms with E-state index in [-0.39, 0.29) is 11.8 Å². The molecule has 0 aliphatic carbocycles. The Bertz CT molecular complexity index is 829. The molecular formula is C22H27N3O3. The summed E-state index contributed by atoms with van der Waals surface area (Å²) in [5.74, 6) is 0.568. The molecule has 3 rings (SSSR count). The quantitative estimate of drug-likeness (QED) is 0.836. The second-order valence-corrected chi connectivity index (χ2v) is 6.86. The predicted octanol–water partition coefficient (Wildman–Crippen LogP) is 2.79. The monoisotopic (exact) mass is 381 g/mol. The smallest absolute Gasteiger partial charge is 0.257 e. The van der Waals surface area contributed by atoms with Gasteiger partial charge in [-0.05, 0) is 37.6 Å². The number of piperazine rings is 1. The Hall–Kier alpha value is -2.86. The molecule has 148 valence electrons. The first-order chi connectivity index (χ1) is 13.6. The molecule has 2 amide bonds. The summed E-state index contributed by atoms with van der Waals surface area (Å²) in [5.41, 5.74) is 2.48. The summed E-state index contributed by atoms with van der Waals surface area (Å²) in [7, 11) is 0. The summed E-state index contributed by atoms with van der Waals surface area (Å²) in [6, 6.07) is 15.1. The molecule has 28 heavy (non-hydrogen) atoms. The molecule has 1 fully saturated rings. The standard InChI is InChI=1S/C22H27N3O3/c1-3-28-20-11-7-5-9-18(20)22(27)25-14-12-24(13-15-25)16-21(26)23-19-10-6-4-8-17(19)2/h4-11H,3,12-16H2,1-2H3,(H,23,26). The second kappa shape index (κ2) is 9.37. The Balaban J connectivity index is 1.52. The number of nitrogens with one attached hydrogen (secondary N) is 1. The Morgan fingerprint density at radius 3 is 2.39 bits per heavy atom. The number of benzene rings is 2. The van der Waals surface area contributed by atoms with Crippen LogP contribution in [0.4, 0.5) is 5.69 Å². The molecule has 0 atom stereocenters. The van der Waals surface area contributed by atoms with Crippen LogP contribution in [0.25, 0.3) is 0 Å². The highest BCUT2D eigenvalue weighted by Gasteiger charge is 2.25. The van der Waals surface area contributed by atoms with Crippen molar-refractivity contribution in [1.82, 2.24) is 9.80 Å². The average molecular weight is 381 g/mol. The van der Waals surface area contributed by atoms with Crippen LogP contribution in [0, 0.1) is 6.92 Å². The normalized spacial score (nSPS) is 14.6. The molecule has 0 radical (unpaired) electrons. The lowest BCUT2D eigenvalue weighted by atomic mass is 10.1. The fourth-order valence-electron chi connectivity index (χ4n) is 3.31. The van der Waals surface area contributed by atoms with Gasteiger partial charge in [-0.15, -0.1) is 0 Å². The van der Waals surface area contributed by atoms with Crippen molar-refractivity contribution in [3.63, 3.8) is 0 Å². The van der Waals surface area contributed by atoms with Crippen molar-refractivity contribution in [3.8, 4) is 5.75 Å². The summed E-state index contributed by atoms with van der Waals surface area (Å²) in [6.45, 7) is 7.25. The van der Waals surface area contributed by atoms with Gasteiger partial charge in [0, 0.05) is 31.9 Å². The number of aryl methyl sites for hydroxylation is 1. The molecule has 0 unspecified atom stereocenters. The summed E-state index contributed by atoms with van der Waals surface area (Å²) >= 11 is 0. The van der Waals surface area contributed by atoms with Crippen molar-refractivity contribution in [2.24, 2.45) is 0 Å². The summed E-state index contributed by atoms with van der Waals surface area (Å²) in [5, 5.41) is 2.96. The van der Waals surface area contributed by atoms with Crippen molar-refractivity contribution in [2.75, 3.05) is 44.6 Å². The number of anilines is 1. The lowest BCUT2D eigenvalue weighted by molar-refractivity contribution is -0.117. The van der Waals surface area contributed by atoms with Crippen LogP contribution in [-0.2, 0) is 4.79 Å². The van der Waals surface area contributed by atoms with Crippen molar-refractivity contribution < 1.29 is 14.3 Å². The Morgan fingerprint density at radius 2 is 1.68 bits per heavy atom. The highest BCUT2D eigenvalue weighted by molar-refractivity contribution is 5.97. The Kier molecular flexibility index (Phi) is 6.66. The first-order valence-electron chi connectivity index (χ1n) is 9.67. The summed E-state index contributed by atoms with van der Waals surface area (Å²) in [6.07, 6.45) is 0. The molecule has 1 aliphatic heterocycles. The molecule has 6 heteroatoms. The molecule has 2 aromatic carbocycles. The summed E-state index contributed by atoms with van der Waals surface area (Å²) in [4.78, 5) is 29.1. The second-order valence-electron chi connectivity index (χ2n) is 6.86. The van der Waals surface area contributed by atoms with E-state index in [1.165, 1.54) is 0 Å². The molecule has 6 nitrogen and oxygen atoms in total. The number of hydrogen-bond acceptors (Lipinski definition) is 4. The van der Waals surface area contributed by atoms with Crippen LogP contribution < -0.4 is 10.1 Å². The number of rotatable bonds is 6. The molecule has 2 aromatic rings. The molecule has 1 aliphatic rings. The van der Waals surface area contributed by atoms with Crippen LogP contribution in [0.15, 0.2) is 48.5 Å². The van der Waals surface area contributed by atoms with Gasteiger partial charge in [0.1, 0.15) is 5.75 Å². The van der Waals surface area contributed by atoms with E-state index in [2.05, 4.69) is 10.2 Å². The predicted molar refractivity (Wildman–Crippen MR) is 110 cm³/mol. The number of ether oxygens (including phenoxy) is 1. The third kappa shape index (κ3) is 4.89. The van der Waals surface area contributed by atoms with Crippen molar-refractivity contribution in [2.45, 2.75) is 13.8 Å². The lowest BCUT2D eigenvalue weighted by Crippen LogP contribution is -2.50. The van der Waals surface area contributed by atoms with Crippen LogP contribution in [0.2, 0.25) is 0 Å². The lowest BCUT2D eigenvalue weighted by Gasteiger charge is -2.34. The van der Waals surface area contributed by atoms with E-state index in [1.807, 2.05) is 61.2 Å². The summed E-state index contributed by atoms with van der Waals surface area (Å²) < 4.78 is 5.58. The van der Waals surface area contributed by atoms with E-state index in [1.54, 1.807) is 6.07 Å². The molecular weight excluding hydrogens is 354 g/mol. The minimum Gasteiger partial charge on any atom is -0.493 e. The van der Waals surface area contributed by atoms with Crippen LogP contribution in [0.1, 0.15) is 22.8 Å². The highest BCUT2D eigenvalue weighted by Crippen LogP contribution is 2.21. The van der Waals surface area contributed by atoms with E-state index in [9.17, 15) is 9.59 Å². The van der Waals surface area contributed by atoms with E-state index in [0.717, 1.165) is 11.3 Å². The molecule has 1 heterocycles. The van der Waals surface area contributed by atoms with Gasteiger partial charge >= 0.3 is 0 Å². The third-order valence-corrected chi connectivity index (χ3v) is 4.86. The zero-order valence-corrected chi connectivity index (χ0v) is 16.5. The maximum absolute atomic E-state index is 12.9. The maximum atomic E-state index is 12.9. The van der Waals surface area contributed by atoms with Crippen molar-refractivity contribution in [1.29, 1.82) is 0 Å². The maximum Gasteiger partial charge on any atom is 0.257 e. The van der Waals surface area contributed by atoms with Gasteiger partial charge in [0.25, 0.3) is 5.91 Å². The number of amides is 2. The first kappa shape index (κ1) is 19.9. The zero-order chi connectivity index (χ0) is 19.9. The van der Waals surface area contributed by atoms with Gasteiger partial charge in [-0.3, -0.25) is 14.5 Å². The van der Waals surface area contributed by atoms with E-state index >= 15 is 0 Å². The minimum atomic E-state index is -0.0317. The van der Waals surface area contributed by atoms with Gasteiger partial charge in [-0.1, -0.05) is 30.3 Å². The van der Waals surface area contributed by atoms with Gasteiger partial charge in [0.2, 0.25) is 5.91 Å². The number of para-hydroxylation sites is 2. The minimum absolute atomic E-state index is 0.0203. The Morgan fingerprint density at radius 1 is 1.00 bits per heavy atom. The largest absolute Gasteiger partial charge is 0.493 e. The number of carbonyl (C=O) groups is 2. The van der Waals surface area contributed by atoms with Crippen molar-refractivity contribution in [3.05, 3.63) is 59.7 Å². The van der Waals surface area contributed by atoms with Gasteiger partial charge in [-0.2, -0.15) is 0 Å². The van der Waals surface area contributed by atoms with Crippen LogP contribution in [0.3, 0.4) is 0 Å². The highest BCUT2D eigenvalue weighted by atomic mass is 16.5. The van der Waals surface area contributed by atoms with Gasteiger partial charge in [0.05, 0.1) is 18.7 Å². The zero-order valence-electron chi connectivity index (χ0n) is 16.5. The van der Waals surface area contributed by atoms with Crippen LogP contribution in [0.5, 0.6) is 5.75 Å². The van der Waals surface area contributed by atoms with E-state index < -0.39 is 0 Å². The van der Waals surface area contributed by atoms with Crippen LogP contribution in [-0.4, -0.2) is 60.9 Å². The average Bonchev–Trinajstić information content (AvgIpc) is 2.70. The van der Waals surface area contributed by atoms with E-state index in [4.69, 9.17) is 4.74 Å². The number of hydrogen-bond donors (Lipinski definition) is 1. The molecule has 0 saturated carbocycles. The fourth-order valence-corrected chi connectivity index (χ4v) is 3.31. The SMILES string of the molecule is CCOc1ccccc1C(=O)N1CCN(CC(=O)Nc2ccccc2C)CC1. The molecule has 0 aromatic heterocycles. The van der Waals surface area contributed by atoms with Crippen LogP contribution >= 0.6 is 0 Å². The fraction of sp³-hybridized carbons (Fsp3) is 0.364. The molecule has 0 spiro atoms. The van der Waals surface area contributed by atoms with E-state index in [0.29, 0.717) is 50.6 Å². The topological polar surface area (TPSA) is 61.9 Å². The number of nitrogens with zero attached hydrogens (tertiary/aromatic N) is 2. The Labute approximate surface area is 166 Å².